The Morgan fingerprint density at radius 2 is 2.10 bits per heavy atom. The van der Waals surface area contributed by atoms with E-state index in [1.165, 1.54) is 24.8 Å². The summed E-state index contributed by atoms with van der Waals surface area (Å²) >= 11 is 0. The van der Waals surface area contributed by atoms with Crippen LogP contribution in [0, 0.1) is 0 Å². The lowest BCUT2D eigenvalue weighted by Gasteiger charge is -2.26. The second-order valence-electron chi connectivity index (χ2n) is 6.68. The van der Waals surface area contributed by atoms with Crippen molar-refractivity contribution in [2.24, 2.45) is 5.73 Å². The van der Waals surface area contributed by atoms with Gasteiger partial charge >= 0.3 is 0 Å². The monoisotopic (exact) mass is 288 g/mol. The minimum atomic E-state index is 0.250. The van der Waals surface area contributed by atoms with E-state index in [1.54, 1.807) is 0 Å². The lowest BCUT2D eigenvalue weighted by Crippen LogP contribution is -2.36. The Labute approximate surface area is 128 Å². The Kier molecular flexibility index (Phi) is 4.45. The molecule has 3 heterocycles. The third-order valence-corrected chi connectivity index (χ3v) is 5.30. The van der Waals surface area contributed by atoms with Crippen molar-refractivity contribution in [2.45, 2.75) is 57.2 Å². The van der Waals surface area contributed by atoms with Gasteiger partial charge in [-0.05, 0) is 50.8 Å². The first-order valence-corrected chi connectivity index (χ1v) is 8.34. The molecule has 3 atom stereocenters. The highest BCUT2D eigenvalue weighted by Gasteiger charge is 2.34. The molecule has 2 fully saturated rings. The van der Waals surface area contributed by atoms with Crippen molar-refractivity contribution >= 4 is 5.82 Å². The minimum Gasteiger partial charge on any atom is -0.355 e. The van der Waals surface area contributed by atoms with Gasteiger partial charge in [-0.15, -0.1) is 0 Å². The Balaban J connectivity index is 1.67. The van der Waals surface area contributed by atoms with E-state index in [4.69, 9.17) is 10.7 Å². The number of hydrogen-bond donors (Lipinski definition) is 1. The zero-order chi connectivity index (χ0) is 14.8. The molecule has 0 aliphatic carbocycles. The summed E-state index contributed by atoms with van der Waals surface area (Å²) in [4.78, 5) is 9.73. The number of nitrogens with zero attached hydrogens (tertiary/aromatic N) is 3. The maximum Gasteiger partial charge on any atom is 0.128 e. The average Bonchev–Trinajstić information content (AvgIpc) is 2.73. The van der Waals surface area contributed by atoms with Crippen molar-refractivity contribution in [3.8, 4) is 0 Å². The van der Waals surface area contributed by atoms with Crippen LogP contribution in [0.2, 0.25) is 0 Å². The predicted molar refractivity (Wildman–Crippen MR) is 87.6 cm³/mol. The van der Waals surface area contributed by atoms with Gasteiger partial charge in [-0.1, -0.05) is 13.0 Å². The van der Waals surface area contributed by atoms with Crippen molar-refractivity contribution in [1.82, 2.24) is 9.88 Å². The van der Waals surface area contributed by atoms with E-state index in [-0.39, 0.29) is 6.04 Å². The molecule has 4 heteroatoms. The lowest BCUT2D eigenvalue weighted by atomic mass is 10.1. The Morgan fingerprint density at radius 3 is 2.81 bits per heavy atom. The summed E-state index contributed by atoms with van der Waals surface area (Å²) in [5.41, 5.74) is 7.27. The van der Waals surface area contributed by atoms with Gasteiger partial charge in [-0.25, -0.2) is 4.98 Å². The summed E-state index contributed by atoms with van der Waals surface area (Å²) in [6, 6.07) is 6.11. The molecule has 4 nitrogen and oxygen atoms in total. The second-order valence-corrected chi connectivity index (χ2v) is 6.68. The molecule has 1 aromatic rings. The topological polar surface area (TPSA) is 45.4 Å². The number of hydrogen-bond acceptors (Lipinski definition) is 4. The number of likely N-dealkylation sites (N-methyl/N-ethyl adjacent to an activating group) is 1. The van der Waals surface area contributed by atoms with Crippen LogP contribution in [0.4, 0.5) is 5.82 Å². The maximum atomic E-state index is 6.02. The van der Waals surface area contributed by atoms with Crippen LogP contribution in [-0.2, 0) is 6.42 Å². The van der Waals surface area contributed by atoms with Crippen molar-refractivity contribution in [3.63, 3.8) is 0 Å². The normalized spacial score (nSPS) is 27.7. The van der Waals surface area contributed by atoms with Gasteiger partial charge in [0.05, 0.1) is 0 Å². The molecule has 0 aromatic carbocycles. The van der Waals surface area contributed by atoms with Gasteiger partial charge in [-0.3, -0.25) is 4.90 Å². The quantitative estimate of drug-likeness (QED) is 0.921. The zero-order valence-corrected chi connectivity index (χ0v) is 13.3. The highest BCUT2D eigenvalue weighted by atomic mass is 15.3. The lowest BCUT2D eigenvalue weighted by molar-refractivity contribution is 0.254. The van der Waals surface area contributed by atoms with Crippen molar-refractivity contribution in [2.75, 3.05) is 25.0 Å². The molecule has 0 radical (unpaired) electrons. The van der Waals surface area contributed by atoms with E-state index >= 15 is 0 Å². The molecule has 3 unspecified atom stereocenters. The predicted octanol–water partition coefficient (Wildman–Crippen LogP) is 2.03. The van der Waals surface area contributed by atoms with Gasteiger partial charge < -0.3 is 10.6 Å². The fourth-order valence-corrected chi connectivity index (χ4v) is 3.69. The van der Waals surface area contributed by atoms with E-state index < -0.39 is 0 Å². The van der Waals surface area contributed by atoms with Crippen LogP contribution in [0.1, 0.15) is 38.2 Å². The molecule has 2 saturated heterocycles. The van der Waals surface area contributed by atoms with Gasteiger partial charge in [0.2, 0.25) is 0 Å². The van der Waals surface area contributed by atoms with Crippen molar-refractivity contribution in [3.05, 3.63) is 23.9 Å². The molecule has 116 valence electrons. The van der Waals surface area contributed by atoms with E-state index in [2.05, 4.69) is 35.9 Å². The van der Waals surface area contributed by atoms with Crippen molar-refractivity contribution in [1.29, 1.82) is 0 Å². The summed E-state index contributed by atoms with van der Waals surface area (Å²) in [5, 5.41) is 0. The number of pyridine rings is 1. The van der Waals surface area contributed by atoms with Crippen LogP contribution in [0.25, 0.3) is 0 Å². The standard InChI is InChI=1S/C17H28N4/c1-3-14(18)10-13-4-7-17(19-11-13)21-9-8-15-5-6-16(12-21)20(15)2/h4,7,11,14-16H,3,5-6,8-10,12,18H2,1-2H3. The molecule has 1 aromatic heterocycles. The highest BCUT2D eigenvalue weighted by molar-refractivity contribution is 5.40. The molecule has 2 bridgehead atoms. The van der Waals surface area contributed by atoms with E-state index in [0.717, 1.165) is 37.8 Å². The molecular weight excluding hydrogens is 260 g/mol. The Hall–Kier alpha value is -1.13. The molecule has 2 N–H and O–H groups in total. The molecule has 2 aliphatic rings. The molecular formula is C17H28N4. The number of fused-ring (bicyclic) bond motifs is 2. The van der Waals surface area contributed by atoms with Gasteiger partial charge in [0, 0.05) is 37.4 Å². The van der Waals surface area contributed by atoms with Crippen molar-refractivity contribution < 1.29 is 0 Å². The molecule has 0 spiro atoms. The SMILES string of the molecule is CCC(N)Cc1ccc(N2CCC3CCC(C2)N3C)nc1. The van der Waals surface area contributed by atoms with E-state index in [0.29, 0.717) is 6.04 Å². The smallest absolute Gasteiger partial charge is 0.128 e. The van der Waals surface area contributed by atoms with Crippen LogP contribution in [-0.4, -0.2) is 48.1 Å². The molecule has 0 amide bonds. The van der Waals surface area contributed by atoms with Gasteiger partial charge in [0.25, 0.3) is 0 Å². The Morgan fingerprint density at radius 1 is 1.29 bits per heavy atom. The summed E-state index contributed by atoms with van der Waals surface area (Å²) in [7, 11) is 2.29. The number of anilines is 1. The first-order chi connectivity index (χ1) is 10.2. The molecule has 21 heavy (non-hydrogen) atoms. The van der Waals surface area contributed by atoms with Gasteiger partial charge in [0.15, 0.2) is 0 Å². The van der Waals surface area contributed by atoms with Crippen LogP contribution in [0.15, 0.2) is 18.3 Å². The highest BCUT2D eigenvalue weighted by Crippen LogP contribution is 2.30. The van der Waals surface area contributed by atoms with E-state index in [1.807, 2.05) is 6.20 Å². The first-order valence-electron chi connectivity index (χ1n) is 8.34. The molecule has 0 saturated carbocycles. The Bertz CT molecular complexity index is 458. The number of rotatable bonds is 4. The summed E-state index contributed by atoms with van der Waals surface area (Å²) in [6.07, 6.45) is 7.92. The molecule has 2 aliphatic heterocycles. The molecule has 3 rings (SSSR count). The third kappa shape index (κ3) is 3.22. The van der Waals surface area contributed by atoms with Gasteiger partial charge in [-0.2, -0.15) is 0 Å². The summed E-state index contributed by atoms with van der Waals surface area (Å²) < 4.78 is 0. The van der Waals surface area contributed by atoms with Crippen LogP contribution < -0.4 is 10.6 Å². The number of nitrogens with two attached hydrogens (primary N) is 1. The average molecular weight is 288 g/mol. The zero-order valence-electron chi connectivity index (χ0n) is 13.3. The third-order valence-electron chi connectivity index (χ3n) is 5.30. The first kappa shape index (κ1) is 14.8. The van der Waals surface area contributed by atoms with Crippen LogP contribution in [0.5, 0.6) is 0 Å². The van der Waals surface area contributed by atoms with Crippen LogP contribution >= 0.6 is 0 Å². The minimum absolute atomic E-state index is 0.250. The summed E-state index contributed by atoms with van der Waals surface area (Å²) in [6.45, 7) is 4.38. The maximum absolute atomic E-state index is 6.02. The fourth-order valence-electron chi connectivity index (χ4n) is 3.69. The van der Waals surface area contributed by atoms with E-state index in [9.17, 15) is 0 Å². The summed E-state index contributed by atoms with van der Waals surface area (Å²) in [5.74, 6) is 1.13. The second kappa shape index (κ2) is 6.32. The fraction of sp³-hybridized carbons (Fsp3) is 0.706. The van der Waals surface area contributed by atoms with Gasteiger partial charge in [0.1, 0.15) is 5.82 Å². The number of aromatic nitrogens is 1. The largest absolute Gasteiger partial charge is 0.355 e. The van der Waals surface area contributed by atoms with Crippen LogP contribution in [0.3, 0.4) is 0 Å².